The third-order valence-corrected chi connectivity index (χ3v) is 4.09. The van der Waals surface area contributed by atoms with Gasteiger partial charge >= 0.3 is 0 Å². The number of benzene rings is 1. The molecule has 3 heterocycles. The normalized spacial score (nSPS) is 18.7. The lowest BCUT2D eigenvalue weighted by atomic mass is 10.1. The van der Waals surface area contributed by atoms with Gasteiger partial charge in [0.2, 0.25) is 6.79 Å². The fourth-order valence-corrected chi connectivity index (χ4v) is 2.87. The molecule has 4 rings (SSSR count). The summed E-state index contributed by atoms with van der Waals surface area (Å²) in [6.07, 6.45) is 3.23. The predicted octanol–water partition coefficient (Wildman–Crippen LogP) is 0.908. The van der Waals surface area contributed by atoms with Crippen molar-refractivity contribution in [1.82, 2.24) is 14.7 Å². The maximum absolute atomic E-state index is 10.1. The molecule has 2 aromatic rings. The largest absolute Gasteiger partial charge is 0.491 e. The van der Waals surface area contributed by atoms with Crippen molar-refractivity contribution in [2.24, 2.45) is 0 Å². The molecular formula is C16H19N3O4. The van der Waals surface area contributed by atoms with Crippen molar-refractivity contribution in [3.05, 3.63) is 36.7 Å². The zero-order valence-electron chi connectivity index (χ0n) is 12.7. The number of aliphatic hydroxyl groups is 1. The lowest BCUT2D eigenvalue weighted by Crippen LogP contribution is -2.51. The number of likely N-dealkylation sites (tertiary alicyclic amines) is 1. The highest BCUT2D eigenvalue weighted by Crippen LogP contribution is 2.35. The molecule has 0 spiro atoms. The molecule has 0 aliphatic carbocycles. The molecule has 1 saturated heterocycles. The van der Waals surface area contributed by atoms with Crippen molar-refractivity contribution in [3.63, 3.8) is 0 Å². The summed E-state index contributed by atoms with van der Waals surface area (Å²) in [6, 6.07) is 7.75. The van der Waals surface area contributed by atoms with Crippen LogP contribution in [-0.2, 0) is 0 Å². The van der Waals surface area contributed by atoms with E-state index in [0.29, 0.717) is 24.1 Å². The van der Waals surface area contributed by atoms with Gasteiger partial charge in [-0.15, -0.1) is 0 Å². The first kappa shape index (κ1) is 14.3. The van der Waals surface area contributed by atoms with E-state index in [1.807, 2.05) is 29.1 Å². The second kappa shape index (κ2) is 6.10. The van der Waals surface area contributed by atoms with Gasteiger partial charge in [0.25, 0.3) is 0 Å². The van der Waals surface area contributed by atoms with Crippen LogP contribution in [0.25, 0.3) is 0 Å². The molecule has 1 atom stereocenters. The molecule has 1 fully saturated rings. The van der Waals surface area contributed by atoms with E-state index in [-0.39, 0.29) is 13.4 Å². The van der Waals surface area contributed by atoms with Crippen LogP contribution in [0, 0.1) is 0 Å². The Morgan fingerprint density at radius 2 is 2.17 bits per heavy atom. The zero-order valence-corrected chi connectivity index (χ0v) is 12.7. The third kappa shape index (κ3) is 3.11. The number of aliphatic hydroxyl groups excluding tert-OH is 1. The number of nitrogens with zero attached hydrogens (tertiary/aromatic N) is 3. The van der Waals surface area contributed by atoms with Crippen LogP contribution in [0.3, 0.4) is 0 Å². The summed E-state index contributed by atoms with van der Waals surface area (Å²) in [6.45, 7) is 2.91. The highest BCUT2D eigenvalue weighted by atomic mass is 16.7. The Hall–Kier alpha value is -2.25. The van der Waals surface area contributed by atoms with E-state index in [1.54, 1.807) is 12.3 Å². The Morgan fingerprint density at radius 3 is 3.00 bits per heavy atom. The van der Waals surface area contributed by atoms with Gasteiger partial charge in [-0.1, -0.05) is 0 Å². The predicted molar refractivity (Wildman–Crippen MR) is 81.8 cm³/mol. The number of fused-ring (bicyclic) bond motifs is 1. The Morgan fingerprint density at radius 1 is 1.30 bits per heavy atom. The Labute approximate surface area is 134 Å². The van der Waals surface area contributed by atoms with Gasteiger partial charge < -0.3 is 19.3 Å². The summed E-state index contributed by atoms with van der Waals surface area (Å²) in [7, 11) is 0. The molecule has 0 amide bonds. The third-order valence-electron chi connectivity index (χ3n) is 4.09. The number of ether oxygens (including phenoxy) is 3. The molecular weight excluding hydrogens is 298 g/mol. The minimum absolute atomic E-state index is 0.244. The SMILES string of the molecule is O[C@@H](COc1ccc2c(c1)OCO2)CN1CC(n2cccn2)C1. The molecule has 7 nitrogen and oxygen atoms in total. The summed E-state index contributed by atoms with van der Waals surface area (Å²) < 4.78 is 18.2. The first-order valence-electron chi connectivity index (χ1n) is 7.70. The molecule has 1 aromatic carbocycles. The molecule has 2 aliphatic heterocycles. The molecule has 0 saturated carbocycles. The van der Waals surface area contributed by atoms with Gasteiger partial charge in [0.05, 0.1) is 6.04 Å². The molecule has 0 bridgehead atoms. The van der Waals surface area contributed by atoms with Gasteiger partial charge in [-0.3, -0.25) is 9.58 Å². The van der Waals surface area contributed by atoms with Crippen LogP contribution in [0.4, 0.5) is 0 Å². The number of hydrogen-bond donors (Lipinski definition) is 1. The second-order valence-corrected chi connectivity index (χ2v) is 5.84. The van der Waals surface area contributed by atoms with Crippen LogP contribution in [-0.4, -0.2) is 58.9 Å². The number of β-amino-alcohol motifs (C(OH)–C–C–N with tert-alkyl or cyclic N) is 1. The summed E-state index contributed by atoms with van der Waals surface area (Å²) in [4.78, 5) is 2.19. The van der Waals surface area contributed by atoms with Crippen LogP contribution in [0.1, 0.15) is 6.04 Å². The molecule has 2 aliphatic rings. The number of rotatable bonds is 6. The van der Waals surface area contributed by atoms with Gasteiger partial charge in [-0.25, -0.2) is 0 Å². The van der Waals surface area contributed by atoms with Crippen molar-refractivity contribution in [2.75, 3.05) is 33.0 Å². The maximum Gasteiger partial charge on any atom is 0.231 e. The minimum atomic E-state index is -0.529. The van der Waals surface area contributed by atoms with Crippen molar-refractivity contribution in [3.8, 4) is 17.2 Å². The van der Waals surface area contributed by atoms with Gasteiger partial charge in [0.1, 0.15) is 18.5 Å². The van der Waals surface area contributed by atoms with Gasteiger partial charge in [0, 0.05) is 38.1 Å². The lowest BCUT2D eigenvalue weighted by Gasteiger charge is -2.40. The lowest BCUT2D eigenvalue weighted by molar-refractivity contribution is 0.0204. The summed E-state index contributed by atoms with van der Waals surface area (Å²) in [5, 5.41) is 14.3. The summed E-state index contributed by atoms with van der Waals surface area (Å²) >= 11 is 0. The van der Waals surface area contributed by atoms with E-state index in [0.717, 1.165) is 18.8 Å². The van der Waals surface area contributed by atoms with Gasteiger partial charge in [0.15, 0.2) is 11.5 Å². The summed E-state index contributed by atoms with van der Waals surface area (Å²) in [5.41, 5.74) is 0. The van der Waals surface area contributed by atoms with Gasteiger partial charge in [-0.05, 0) is 18.2 Å². The van der Waals surface area contributed by atoms with E-state index in [4.69, 9.17) is 14.2 Å². The van der Waals surface area contributed by atoms with Crippen molar-refractivity contribution < 1.29 is 19.3 Å². The Balaban J connectivity index is 1.21. The molecule has 23 heavy (non-hydrogen) atoms. The van der Waals surface area contributed by atoms with Crippen LogP contribution in [0.5, 0.6) is 17.2 Å². The minimum Gasteiger partial charge on any atom is -0.491 e. The van der Waals surface area contributed by atoms with E-state index < -0.39 is 6.10 Å². The molecule has 7 heteroatoms. The quantitative estimate of drug-likeness (QED) is 0.854. The van der Waals surface area contributed by atoms with Crippen LogP contribution < -0.4 is 14.2 Å². The Bertz CT molecular complexity index is 655. The zero-order chi connectivity index (χ0) is 15.6. The number of aromatic nitrogens is 2. The standard InChI is InChI=1S/C16H19N3O4/c20-13(9-18-7-12(8-18)19-5-1-4-17-19)10-21-14-2-3-15-16(6-14)23-11-22-15/h1-6,12-13,20H,7-11H2/t13-/m1/s1. The van der Waals surface area contributed by atoms with Crippen molar-refractivity contribution >= 4 is 0 Å². The van der Waals surface area contributed by atoms with E-state index in [9.17, 15) is 5.11 Å². The Kier molecular flexibility index (Phi) is 3.80. The average molecular weight is 317 g/mol. The fourth-order valence-electron chi connectivity index (χ4n) is 2.87. The van der Waals surface area contributed by atoms with E-state index in [2.05, 4.69) is 10.00 Å². The molecule has 122 valence electrons. The first-order chi connectivity index (χ1) is 11.3. The highest BCUT2D eigenvalue weighted by molar-refractivity contribution is 5.46. The maximum atomic E-state index is 10.1. The van der Waals surface area contributed by atoms with Crippen LogP contribution >= 0.6 is 0 Å². The van der Waals surface area contributed by atoms with Crippen LogP contribution in [0.15, 0.2) is 36.7 Å². The van der Waals surface area contributed by atoms with E-state index >= 15 is 0 Å². The molecule has 0 unspecified atom stereocenters. The monoisotopic (exact) mass is 317 g/mol. The van der Waals surface area contributed by atoms with Crippen LogP contribution in [0.2, 0.25) is 0 Å². The van der Waals surface area contributed by atoms with E-state index in [1.165, 1.54) is 0 Å². The molecule has 0 radical (unpaired) electrons. The smallest absolute Gasteiger partial charge is 0.231 e. The number of hydrogen-bond acceptors (Lipinski definition) is 6. The van der Waals surface area contributed by atoms with Gasteiger partial charge in [-0.2, -0.15) is 5.10 Å². The fraction of sp³-hybridized carbons (Fsp3) is 0.438. The average Bonchev–Trinajstić information content (AvgIpc) is 3.18. The summed E-state index contributed by atoms with van der Waals surface area (Å²) in [5.74, 6) is 2.08. The van der Waals surface area contributed by atoms with Crippen molar-refractivity contribution in [2.45, 2.75) is 12.1 Å². The molecule has 1 aromatic heterocycles. The first-order valence-corrected chi connectivity index (χ1v) is 7.70. The molecule has 1 N–H and O–H groups in total. The highest BCUT2D eigenvalue weighted by Gasteiger charge is 2.29. The second-order valence-electron chi connectivity index (χ2n) is 5.84. The van der Waals surface area contributed by atoms with Crippen molar-refractivity contribution in [1.29, 1.82) is 0 Å². The topological polar surface area (TPSA) is 69.0 Å².